The lowest BCUT2D eigenvalue weighted by atomic mass is 9.99. The normalized spacial score (nSPS) is 10.8. The molecule has 0 heterocycles. The highest BCUT2D eigenvalue weighted by molar-refractivity contribution is 6.03. The van der Waals surface area contributed by atoms with Crippen LogP contribution in [0.4, 0.5) is 0 Å². The van der Waals surface area contributed by atoms with E-state index in [4.69, 9.17) is 19.8 Å². The van der Waals surface area contributed by atoms with Crippen molar-refractivity contribution >= 4 is 11.9 Å². The summed E-state index contributed by atoms with van der Waals surface area (Å²) in [5.74, 6) is -1.43. The second-order valence-corrected chi connectivity index (χ2v) is 10.1. The molecule has 0 spiro atoms. The number of benzene rings is 5. The molecular formula is C36H30O8. The van der Waals surface area contributed by atoms with Crippen molar-refractivity contribution in [3.8, 4) is 11.5 Å². The van der Waals surface area contributed by atoms with Crippen LogP contribution in [0.2, 0.25) is 0 Å². The fourth-order valence-corrected chi connectivity index (χ4v) is 4.74. The number of hydrogen-bond donors (Lipinski definition) is 2. The number of esters is 1. The van der Waals surface area contributed by atoms with Gasteiger partial charge in [0.15, 0.2) is 5.75 Å². The zero-order valence-electron chi connectivity index (χ0n) is 23.7. The van der Waals surface area contributed by atoms with Gasteiger partial charge in [-0.1, -0.05) is 84.9 Å². The van der Waals surface area contributed by atoms with E-state index in [2.05, 4.69) is 17.0 Å². The fraction of sp³-hybridized carbons (Fsp3) is 0.111. The Balaban J connectivity index is 1.17. The summed E-state index contributed by atoms with van der Waals surface area (Å²) in [5, 5.41) is 18.8. The minimum atomic E-state index is -1.22. The molecule has 222 valence electrons. The third kappa shape index (κ3) is 8.17. The van der Waals surface area contributed by atoms with Crippen LogP contribution in [0, 0.1) is 0 Å². The highest BCUT2D eigenvalue weighted by Gasteiger charge is 2.19. The van der Waals surface area contributed by atoms with E-state index in [1.807, 2.05) is 66.7 Å². The third-order valence-electron chi connectivity index (χ3n) is 6.93. The van der Waals surface area contributed by atoms with Crippen molar-refractivity contribution in [1.82, 2.24) is 0 Å². The Bertz CT molecular complexity index is 1700. The van der Waals surface area contributed by atoms with Crippen molar-refractivity contribution in [3.63, 3.8) is 0 Å². The second-order valence-electron chi connectivity index (χ2n) is 10.1. The number of carbonyl (C=O) groups is 2. The number of ether oxygens (including phenoxy) is 1. The first kappa shape index (κ1) is 30.2. The van der Waals surface area contributed by atoms with Crippen molar-refractivity contribution in [1.29, 1.82) is 0 Å². The van der Waals surface area contributed by atoms with E-state index in [-0.39, 0.29) is 30.1 Å². The van der Waals surface area contributed by atoms with Crippen LogP contribution >= 0.6 is 0 Å². The second kappa shape index (κ2) is 14.8. The minimum absolute atomic E-state index is 0.000727. The Morgan fingerprint density at radius 1 is 0.568 bits per heavy atom. The average molecular weight is 591 g/mol. The van der Waals surface area contributed by atoms with Crippen LogP contribution in [0.1, 0.15) is 54.1 Å². The van der Waals surface area contributed by atoms with Crippen LogP contribution in [0.15, 0.2) is 121 Å². The molecule has 8 nitrogen and oxygen atoms in total. The Morgan fingerprint density at radius 2 is 1.16 bits per heavy atom. The maximum atomic E-state index is 12.9. The van der Waals surface area contributed by atoms with E-state index in [1.165, 1.54) is 29.8 Å². The first-order valence-corrected chi connectivity index (χ1v) is 13.9. The average Bonchev–Trinajstić information content (AvgIpc) is 3.04. The maximum absolute atomic E-state index is 12.9. The number of hydrogen-bond acceptors (Lipinski definition) is 7. The van der Waals surface area contributed by atoms with Gasteiger partial charge in [-0.3, -0.25) is 5.26 Å². The summed E-state index contributed by atoms with van der Waals surface area (Å²) in [6.07, 6.45) is 1.28. The van der Waals surface area contributed by atoms with E-state index < -0.39 is 11.9 Å². The molecule has 8 heteroatoms. The molecule has 0 unspecified atom stereocenters. The molecule has 0 radical (unpaired) electrons. The van der Waals surface area contributed by atoms with Gasteiger partial charge in [-0.2, -0.15) is 4.89 Å². The van der Waals surface area contributed by atoms with Crippen molar-refractivity contribution in [2.75, 3.05) is 0 Å². The van der Waals surface area contributed by atoms with Gasteiger partial charge in [-0.25, -0.2) is 14.5 Å². The van der Waals surface area contributed by atoms with Crippen LogP contribution < -0.4 is 9.62 Å². The number of carbonyl (C=O) groups excluding carboxylic acids is 1. The van der Waals surface area contributed by atoms with E-state index in [0.717, 1.165) is 34.2 Å². The molecule has 5 rings (SSSR count). The SMILES string of the molecule is O=C(O)c1cc(Cc2ccccc2)ccc1C(=O)Oc1ccc(OOCc2ccc(Cc3ccccc3)cc2COO)cc1. The molecular weight excluding hydrogens is 560 g/mol. The predicted octanol–water partition coefficient (Wildman–Crippen LogP) is 7.29. The van der Waals surface area contributed by atoms with Gasteiger partial charge in [0.1, 0.15) is 19.0 Å². The monoisotopic (exact) mass is 590 g/mol. The lowest BCUT2D eigenvalue weighted by Gasteiger charge is -2.12. The summed E-state index contributed by atoms with van der Waals surface area (Å²) in [6.45, 7) is 0.0972. The summed E-state index contributed by atoms with van der Waals surface area (Å²) in [5.41, 5.74) is 5.41. The molecule has 5 aromatic carbocycles. The quantitative estimate of drug-likeness (QED) is 0.0637. The molecule has 0 aliphatic heterocycles. The lowest BCUT2D eigenvalue weighted by molar-refractivity contribution is -0.253. The van der Waals surface area contributed by atoms with Gasteiger partial charge in [0, 0.05) is 0 Å². The highest BCUT2D eigenvalue weighted by atomic mass is 17.2. The number of rotatable bonds is 13. The van der Waals surface area contributed by atoms with Crippen molar-refractivity contribution in [2.45, 2.75) is 26.1 Å². The summed E-state index contributed by atoms with van der Waals surface area (Å²) < 4.78 is 5.44. The molecule has 0 saturated carbocycles. The fourth-order valence-electron chi connectivity index (χ4n) is 4.74. The standard InChI is InChI=1S/C36H30O8/c37-35(38)34-22-28(20-26-9-5-2-6-10-26)12-18-33(34)36(39)43-31-14-16-32(17-15-31)44-42-24-29-13-11-27(21-30(29)23-41-40)19-25-7-3-1-4-8-25/h1-18,21-22,40H,19-20,23-24H2,(H,37,38). The minimum Gasteiger partial charge on any atom is -0.478 e. The van der Waals surface area contributed by atoms with Crippen LogP contribution in [-0.4, -0.2) is 22.3 Å². The molecule has 0 aromatic heterocycles. The summed E-state index contributed by atoms with van der Waals surface area (Å²) >= 11 is 0. The largest absolute Gasteiger partial charge is 0.478 e. The maximum Gasteiger partial charge on any atom is 0.344 e. The first-order chi connectivity index (χ1) is 21.5. The number of carboxylic acids is 1. The van der Waals surface area contributed by atoms with Gasteiger partial charge in [0.05, 0.1) is 11.1 Å². The third-order valence-corrected chi connectivity index (χ3v) is 6.93. The Morgan fingerprint density at radius 3 is 1.77 bits per heavy atom. The first-order valence-electron chi connectivity index (χ1n) is 13.9. The molecule has 44 heavy (non-hydrogen) atoms. The predicted molar refractivity (Wildman–Crippen MR) is 163 cm³/mol. The van der Waals surface area contributed by atoms with Gasteiger partial charge in [0.25, 0.3) is 0 Å². The van der Waals surface area contributed by atoms with E-state index in [0.29, 0.717) is 12.2 Å². The van der Waals surface area contributed by atoms with Crippen molar-refractivity contribution in [3.05, 3.63) is 166 Å². The summed E-state index contributed by atoms with van der Waals surface area (Å²) in [7, 11) is 0. The summed E-state index contributed by atoms with van der Waals surface area (Å²) in [4.78, 5) is 40.0. The number of carboxylic acid groups (broad SMARTS) is 1. The molecule has 5 aromatic rings. The smallest absolute Gasteiger partial charge is 0.344 e. The van der Waals surface area contributed by atoms with Gasteiger partial charge in [-0.15, -0.1) is 0 Å². The Hall–Kier alpha value is -5.28. The molecule has 0 aliphatic rings. The topological polar surface area (TPSA) is 112 Å². The van der Waals surface area contributed by atoms with E-state index in [9.17, 15) is 14.7 Å². The van der Waals surface area contributed by atoms with Crippen LogP contribution in [0.25, 0.3) is 0 Å². The van der Waals surface area contributed by atoms with Gasteiger partial charge < -0.3 is 14.7 Å². The van der Waals surface area contributed by atoms with Gasteiger partial charge in [-0.05, 0) is 82.6 Å². The molecule has 0 amide bonds. The molecule has 0 saturated heterocycles. The van der Waals surface area contributed by atoms with Crippen LogP contribution in [0.5, 0.6) is 11.5 Å². The lowest BCUT2D eigenvalue weighted by Crippen LogP contribution is -2.14. The van der Waals surface area contributed by atoms with Gasteiger partial charge >= 0.3 is 11.9 Å². The molecule has 0 atom stereocenters. The Kier molecular flexibility index (Phi) is 10.1. The molecule has 0 fully saturated rings. The van der Waals surface area contributed by atoms with Crippen molar-refractivity contribution in [2.24, 2.45) is 0 Å². The van der Waals surface area contributed by atoms with Crippen LogP contribution in [-0.2, 0) is 35.8 Å². The highest BCUT2D eigenvalue weighted by Crippen LogP contribution is 2.23. The Labute approximate surface area is 254 Å². The van der Waals surface area contributed by atoms with E-state index in [1.54, 1.807) is 18.2 Å². The van der Waals surface area contributed by atoms with Gasteiger partial charge in [0.2, 0.25) is 0 Å². The number of aromatic carboxylic acids is 1. The molecule has 0 aliphatic carbocycles. The summed E-state index contributed by atoms with van der Waals surface area (Å²) in [6, 6.07) is 36.4. The zero-order chi connectivity index (χ0) is 30.7. The zero-order valence-corrected chi connectivity index (χ0v) is 23.7. The molecule has 2 N–H and O–H groups in total. The van der Waals surface area contributed by atoms with Crippen molar-refractivity contribution < 1.29 is 39.4 Å². The van der Waals surface area contributed by atoms with E-state index >= 15 is 0 Å². The van der Waals surface area contributed by atoms with Crippen LogP contribution in [0.3, 0.4) is 0 Å². The molecule has 0 bridgehead atoms.